The van der Waals surface area contributed by atoms with Gasteiger partial charge in [0.05, 0.1) is 18.8 Å². The minimum absolute atomic E-state index is 0.0356. The third kappa shape index (κ3) is 3.29. The molecule has 2 rings (SSSR count). The van der Waals surface area contributed by atoms with Gasteiger partial charge in [-0.2, -0.15) is 4.98 Å². The van der Waals surface area contributed by atoms with Crippen molar-refractivity contribution in [2.24, 2.45) is 0 Å². The van der Waals surface area contributed by atoms with E-state index in [1.807, 2.05) is 4.98 Å². The van der Waals surface area contributed by atoms with Crippen LogP contribution in [0.2, 0.25) is 0 Å². The predicted molar refractivity (Wildman–Crippen MR) is 78.1 cm³/mol. The Balaban J connectivity index is 2.53. The summed E-state index contributed by atoms with van der Waals surface area (Å²) in [6.45, 7) is 2.32. The van der Waals surface area contributed by atoms with Gasteiger partial charge in [0.25, 0.3) is 5.56 Å². The maximum absolute atomic E-state index is 11.8. The molecule has 0 aromatic heterocycles. The number of H-pyrrole nitrogens is 1. The molecule has 0 bridgehead atoms. The highest BCUT2D eigenvalue weighted by atomic mass is 16.4. The van der Waals surface area contributed by atoms with Gasteiger partial charge >= 0.3 is 5.69 Å². The number of aliphatic hydroxyl groups is 4. The molecule has 0 saturated carbocycles. The zero-order valence-corrected chi connectivity index (χ0v) is 12.6. The van der Waals surface area contributed by atoms with Crippen LogP contribution in [0.4, 0.5) is 0 Å². The molecule has 5 N–H and O–H groups in total. The maximum Gasteiger partial charge on any atom is 0.349 e. The lowest BCUT2D eigenvalue weighted by Gasteiger charge is -2.25. The Morgan fingerprint density at radius 1 is 1.13 bits per heavy atom. The molecule has 0 amide bonds. The Kier molecular flexibility index (Phi) is 4.90. The average molecular weight is 327 g/mol. The molecular formula is C13H18N4O6. The summed E-state index contributed by atoms with van der Waals surface area (Å²) in [5, 5.41) is 38.0. The van der Waals surface area contributed by atoms with E-state index in [4.69, 9.17) is 5.11 Å². The Hall–Kier alpha value is -2.14. The Bertz CT molecular complexity index is 785. The number of fused-ring (bicyclic) bond motifs is 1. The van der Waals surface area contributed by atoms with Crippen LogP contribution in [-0.2, 0) is 6.54 Å². The van der Waals surface area contributed by atoms with E-state index < -0.39 is 36.2 Å². The number of aryl methyl sites for hydroxylation is 1. The van der Waals surface area contributed by atoms with Gasteiger partial charge in [-0.05, 0) is 13.8 Å². The van der Waals surface area contributed by atoms with Gasteiger partial charge in [-0.25, -0.2) is 9.78 Å². The van der Waals surface area contributed by atoms with E-state index in [0.29, 0.717) is 11.4 Å². The number of aliphatic hydroxyl groups excluding tert-OH is 4. The fraction of sp³-hybridized carbons (Fsp3) is 0.538. The molecule has 0 aromatic rings. The van der Waals surface area contributed by atoms with E-state index in [0.717, 1.165) is 0 Å². The quantitative estimate of drug-likeness (QED) is 0.391. The van der Waals surface area contributed by atoms with Crippen LogP contribution in [0.1, 0.15) is 11.4 Å². The molecule has 0 unspecified atom stereocenters. The fourth-order valence-corrected chi connectivity index (χ4v) is 2.21. The molecule has 3 atom stereocenters. The number of nitrogens with one attached hydrogen (secondary N) is 1. The van der Waals surface area contributed by atoms with Crippen LogP contribution >= 0.6 is 0 Å². The summed E-state index contributed by atoms with van der Waals surface area (Å²) in [5.74, 6) is -0.0356. The normalized spacial score (nSPS) is 15.6. The molecule has 0 spiro atoms. The van der Waals surface area contributed by atoms with Gasteiger partial charge in [-0.1, -0.05) is 0 Å². The second-order valence-corrected chi connectivity index (χ2v) is 5.24. The van der Waals surface area contributed by atoms with Crippen molar-refractivity contribution in [3.05, 3.63) is 32.2 Å². The predicted octanol–water partition coefficient (Wildman–Crippen LogP) is -2.88. The summed E-state index contributed by atoms with van der Waals surface area (Å²) < 4.78 is 1.37. The summed E-state index contributed by atoms with van der Waals surface area (Å²) in [5.41, 5.74) is -0.626. The molecule has 0 radical (unpaired) electrons. The third-order valence-electron chi connectivity index (χ3n) is 3.66. The zero-order valence-electron chi connectivity index (χ0n) is 12.6. The van der Waals surface area contributed by atoms with Crippen LogP contribution in [0.25, 0.3) is 11.5 Å². The number of rotatable bonds is 5. The van der Waals surface area contributed by atoms with Gasteiger partial charge in [0.2, 0.25) is 0 Å². The molecule has 2 aliphatic rings. The first-order valence-electron chi connectivity index (χ1n) is 6.89. The van der Waals surface area contributed by atoms with E-state index in [1.165, 1.54) is 4.57 Å². The Morgan fingerprint density at radius 2 is 1.78 bits per heavy atom. The van der Waals surface area contributed by atoms with Crippen molar-refractivity contribution < 1.29 is 20.4 Å². The molecule has 0 aliphatic carbocycles. The standard InChI is InChI=1S/C13H18N4O6/c1-5-6(2)17(3-7(19)10(21)8(20)4-18)11-9(14-5)12(22)16-13(23)15-11/h7-8,10,18-21H,3-4H2,1-2H3,(H,16,22,23)/t7-,8+,10-/m0/s1/i16+1. The van der Waals surface area contributed by atoms with Gasteiger partial charge in [0, 0.05) is 5.69 Å². The summed E-state index contributed by atoms with van der Waals surface area (Å²) in [4.78, 5) is 33.1. The van der Waals surface area contributed by atoms with Crippen LogP contribution in [0, 0.1) is 13.8 Å². The highest BCUT2D eigenvalue weighted by Gasteiger charge is 2.27. The number of aromatic nitrogens is 4. The summed E-state index contributed by atoms with van der Waals surface area (Å²) in [6, 6.07) is 0. The highest BCUT2D eigenvalue weighted by molar-refractivity contribution is 5.50. The van der Waals surface area contributed by atoms with E-state index >= 15 is 0 Å². The number of hydrogen-bond acceptors (Lipinski definition) is 8. The molecule has 126 valence electrons. The van der Waals surface area contributed by atoms with Crippen molar-refractivity contribution in [2.75, 3.05) is 6.61 Å². The van der Waals surface area contributed by atoms with Gasteiger partial charge in [-0.3, -0.25) is 9.78 Å². The number of aromatic amines is 1. The van der Waals surface area contributed by atoms with Crippen LogP contribution in [0.3, 0.4) is 0 Å². The lowest BCUT2D eigenvalue weighted by molar-refractivity contribution is -0.0807. The smallest absolute Gasteiger partial charge is 0.349 e. The van der Waals surface area contributed by atoms with Crippen LogP contribution in [-0.4, -0.2) is 64.9 Å². The van der Waals surface area contributed by atoms with Crippen molar-refractivity contribution in [3.8, 4) is 11.5 Å². The first-order valence-corrected chi connectivity index (χ1v) is 6.89. The van der Waals surface area contributed by atoms with E-state index in [1.54, 1.807) is 13.8 Å². The Labute approximate surface area is 130 Å². The summed E-state index contributed by atoms with van der Waals surface area (Å²) >= 11 is 0. The van der Waals surface area contributed by atoms with Crippen molar-refractivity contribution in [2.45, 2.75) is 38.7 Å². The number of hydrogen-bond donors (Lipinski definition) is 5. The topological polar surface area (TPSA) is 162 Å². The maximum atomic E-state index is 11.8. The molecule has 23 heavy (non-hydrogen) atoms. The molecule has 0 fully saturated rings. The van der Waals surface area contributed by atoms with E-state index in [-0.39, 0.29) is 18.1 Å². The summed E-state index contributed by atoms with van der Waals surface area (Å²) in [7, 11) is 0. The van der Waals surface area contributed by atoms with Gasteiger partial charge in [0.1, 0.15) is 18.3 Å². The molecular weight excluding hydrogens is 309 g/mol. The Morgan fingerprint density at radius 3 is 2.39 bits per heavy atom. The van der Waals surface area contributed by atoms with Gasteiger partial charge in [-0.15, -0.1) is 0 Å². The zero-order chi connectivity index (χ0) is 17.3. The fourth-order valence-electron chi connectivity index (χ4n) is 2.21. The minimum Gasteiger partial charge on any atom is -0.394 e. The van der Waals surface area contributed by atoms with Crippen LogP contribution < -0.4 is 11.2 Å². The average Bonchev–Trinajstić information content (AvgIpc) is 2.51. The van der Waals surface area contributed by atoms with Gasteiger partial charge < -0.3 is 25.0 Å². The molecule has 0 aromatic carbocycles. The van der Waals surface area contributed by atoms with E-state index in [2.05, 4.69) is 9.97 Å². The summed E-state index contributed by atoms with van der Waals surface area (Å²) in [6.07, 6.45) is -4.59. The second-order valence-electron chi connectivity index (χ2n) is 5.24. The van der Waals surface area contributed by atoms with Crippen LogP contribution in [0.15, 0.2) is 9.59 Å². The molecule has 2 aliphatic heterocycles. The molecule has 0 saturated heterocycles. The monoisotopic (exact) mass is 327 g/mol. The highest BCUT2D eigenvalue weighted by Crippen LogP contribution is 2.18. The SMILES string of the molecule is Cc1nc2c(=O)[15nH]c(=O)nc-2n(C[C@H](O)[C@H](O)[C@H](O)CO)c1C. The van der Waals surface area contributed by atoms with E-state index in [9.17, 15) is 24.9 Å². The largest absolute Gasteiger partial charge is 0.394 e. The second kappa shape index (κ2) is 6.54. The lowest BCUT2D eigenvalue weighted by Crippen LogP contribution is -2.42. The third-order valence-corrected chi connectivity index (χ3v) is 3.66. The first kappa shape index (κ1) is 17.2. The van der Waals surface area contributed by atoms with Crippen molar-refractivity contribution >= 4 is 0 Å². The van der Waals surface area contributed by atoms with Gasteiger partial charge in [0.15, 0.2) is 11.5 Å². The minimum atomic E-state index is -1.61. The van der Waals surface area contributed by atoms with Crippen LogP contribution in [0.5, 0.6) is 0 Å². The molecule has 10 heteroatoms. The molecule has 10 nitrogen and oxygen atoms in total. The first-order chi connectivity index (χ1) is 10.8. The number of nitrogens with zero attached hydrogens (tertiary/aromatic N) is 3. The molecule has 2 heterocycles. The van der Waals surface area contributed by atoms with Crippen molar-refractivity contribution in [1.82, 2.24) is 19.5 Å². The van der Waals surface area contributed by atoms with Crippen molar-refractivity contribution in [3.63, 3.8) is 0 Å². The van der Waals surface area contributed by atoms with Crippen molar-refractivity contribution in [1.29, 1.82) is 0 Å². The lowest BCUT2D eigenvalue weighted by atomic mass is 10.1.